The van der Waals surface area contributed by atoms with Crippen molar-refractivity contribution in [2.75, 3.05) is 7.05 Å². The summed E-state index contributed by atoms with van der Waals surface area (Å²) in [5, 5.41) is 2.80. The quantitative estimate of drug-likeness (QED) is 0.913. The first-order chi connectivity index (χ1) is 10.5. The number of benzene rings is 1. The van der Waals surface area contributed by atoms with E-state index in [2.05, 4.69) is 17.3 Å². The standard InChI is InChI=1S/C16H16ClN3OS/c1-9-12(10-4-3-5-11(17)6-10)8-22-15(9)13-7-14(21)20(2)16(18)19-13/h3-6,8,13H,7H2,1-2H3,(H2,18,19)/t13-/m0/s1. The maximum Gasteiger partial charge on any atom is 0.231 e. The average molecular weight is 334 g/mol. The minimum Gasteiger partial charge on any atom is -0.369 e. The zero-order valence-electron chi connectivity index (χ0n) is 12.3. The van der Waals surface area contributed by atoms with E-state index in [1.54, 1.807) is 18.4 Å². The molecular formula is C16H16ClN3OS. The number of amides is 1. The molecule has 0 saturated carbocycles. The number of hydrogen-bond donors (Lipinski definition) is 1. The molecule has 1 aromatic heterocycles. The van der Waals surface area contributed by atoms with E-state index in [9.17, 15) is 4.79 Å². The number of thiophene rings is 1. The van der Waals surface area contributed by atoms with Crippen LogP contribution in [-0.4, -0.2) is 23.8 Å². The fraction of sp³-hybridized carbons (Fsp3) is 0.250. The van der Waals surface area contributed by atoms with Gasteiger partial charge in [-0.25, -0.2) is 4.99 Å². The molecular weight excluding hydrogens is 318 g/mol. The molecule has 0 radical (unpaired) electrons. The Labute approximate surface area is 138 Å². The fourth-order valence-corrected chi connectivity index (χ4v) is 3.90. The van der Waals surface area contributed by atoms with Gasteiger partial charge in [-0.15, -0.1) is 11.3 Å². The number of hydrogen-bond acceptors (Lipinski definition) is 4. The smallest absolute Gasteiger partial charge is 0.231 e. The van der Waals surface area contributed by atoms with Crippen molar-refractivity contribution in [3.63, 3.8) is 0 Å². The summed E-state index contributed by atoms with van der Waals surface area (Å²) >= 11 is 7.68. The molecule has 1 atom stereocenters. The van der Waals surface area contributed by atoms with Crippen LogP contribution in [0.5, 0.6) is 0 Å². The van der Waals surface area contributed by atoms with Crippen LogP contribution in [0.25, 0.3) is 11.1 Å². The summed E-state index contributed by atoms with van der Waals surface area (Å²) in [5.74, 6) is 0.271. The number of nitrogens with zero attached hydrogens (tertiary/aromatic N) is 2. The highest BCUT2D eigenvalue weighted by molar-refractivity contribution is 7.10. The number of guanidine groups is 1. The van der Waals surface area contributed by atoms with Crippen LogP contribution in [0.1, 0.15) is 22.9 Å². The van der Waals surface area contributed by atoms with Crippen molar-refractivity contribution < 1.29 is 4.79 Å². The predicted octanol–water partition coefficient (Wildman–Crippen LogP) is 3.59. The molecule has 2 aromatic rings. The van der Waals surface area contributed by atoms with Crippen molar-refractivity contribution in [2.24, 2.45) is 10.7 Å². The maximum atomic E-state index is 12.0. The summed E-state index contributed by atoms with van der Waals surface area (Å²) in [6, 6.07) is 7.57. The van der Waals surface area contributed by atoms with E-state index in [0.717, 1.165) is 21.6 Å². The second kappa shape index (κ2) is 5.74. The number of carbonyl (C=O) groups is 1. The van der Waals surface area contributed by atoms with Crippen molar-refractivity contribution in [3.05, 3.63) is 45.1 Å². The number of nitrogens with two attached hydrogens (primary N) is 1. The molecule has 0 saturated heterocycles. The van der Waals surface area contributed by atoms with E-state index in [1.165, 1.54) is 4.90 Å². The van der Waals surface area contributed by atoms with E-state index < -0.39 is 0 Å². The lowest BCUT2D eigenvalue weighted by atomic mass is 10.0. The molecule has 1 aromatic carbocycles. The van der Waals surface area contributed by atoms with Crippen LogP contribution < -0.4 is 5.73 Å². The van der Waals surface area contributed by atoms with Gasteiger partial charge in [-0.05, 0) is 41.1 Å². The number of halogens is 1. The second-order valence-corrected chi connectivity index (χ2v) is 6.66. The van der Waals surface area contributed by atoms with E-state index in [-0.39, 0.29) is 17.9 Å². The highest BCUT2D eigenvalue weighted by Gasteiger charge is 2.28. The van der Waals surface area contributed by atoms with E-state index in [4.69, 9.17) is 17.3 Å². The zero-order chi connectivity index (χ0) is 15.9. The summed E-state index contributed by atoms with van der Waals surface area (Å²) < 4.78 is 0. The molecule has 0 unspecified atom stereocenters. The van der Waals surface area contributed by atoms with Gasteiger partial charge < -0.3 is 5.73 Å². The molecule has 4 nitrogen and oxygen atoms in total. The van der Waals surface area contributed by atoms with Gasteiger partial charge >= 0.3 is 0 Å². The summed E-state index contributed by atoms with van der Waals surface area (Å²) in [5.41, 5.74) is 9.16. The largest absolute Gasteiger partial charge is 0.369 e. The van der Waals surface area contributed by atoms with Gasteiger partial charge in [0.2, 0.25) is 5.91 Å². The molecule has 0 bridgehead atoms. The summed E-state index contributed by atoms with van der Waals surface area (Å²) in [7, 11) is 1.65. The van der Waals surface area contributed by atoms with Gasteiger partial charge in [-0.3, -0.25) is 9.69 Å². The summed E-state index contributed by atoms with van der Waals surface area (Å²) in [6.45, 7) is 2.05. The van der Waals surface area contributed by atoms with Crippen LogP contribution in [0.3, 0.4) is 0 Å². The first-order valence-corrected chi connectivity index (χ1v) is 8.17. The molecule has 0 spiro atoms. The van der Waals surface area contributed by atoms with Gasteiger partial charge in [0.15, 0.2) is 5.96 Å². The monoisotopic (exact) mass is 333 g/mol. The molecule has 0 aliphatic carbocycles. The van der Waals surface area contributed by atoms with Gasteiger partial charge in [0.25, 0.3) is 0 Å². The van der Waals surface area contributed by atoms with E-state index in [0.29, 0.717) is 11.4 Å². The molecule has 6 heteroatoms. The Kier molecular flexibility index (Phi) is 3.93. The lowest BCUT2D eigenvalue weighted by molar-refractivity contribution is -0.127. The Morgan fingerprint density at radius 3 is 2.91 bits per heavy atom. The van der Waals surface area contributed by atoms with Crippen LogP contribution in [0.15, 0.2) is 34.6 Å². The fourth-order valence-electron chi connectivity index (χ4n) is 2.57. The third-order valence-electron chi connectivity index (χ3n) is 3.89. The number of carbonyl (C=O) groups excluding carboxylic acids is 1. The lowest BCUT2D eigenvalue weighted by Crippen LogP contribution is -2.42. The number of rotatable bonds is 2. The highest BCUT2D eigenvalue weighted by Crippen LogP contribution is 2.38. The first-order valence-electron chi connectivity index (χ1n) is 6.91. The summed E-state index contributed by atoms with van der Waals surface area (Å²) in [6.07, 6.45) is 0.355. The Morgan fingerprint density at radius 2 is 2.23 bits per heavy atom. The van der Waals surface area contributed by atoms with Crippen LogP contribution in [-0.2, 0) is 4.79 Å². The SMILES string of the molecule is Cc1c(-c2cccc(Cl)c2)csc1[C@@H]1CC(=O)N(C)C(N)=N1. The molecule has 2 N–H and O–H groups in total. The second-order valence-electron chi connectivity index (χ2n) is 5.31. The Balaban J connectivity index is 1.99. The van der Waals surface area contributed by atoms with Gasteiger partial charge in [-0.2, -0.15) is 0 Å². The van der Waals surface area contributed by atoms with Crippen LogP contribution in [0, 0.1) is 6.92 Å². The molecule has 1 aliphatic heterocycles. The topological polar surface area (TPSA) is 58.7 Å². The third-order valence-corrected chi connectivity index (χ3v) is 5.31. The van der Waals surface area contributed by atoms with E-state index >= 15 is 0 Å². The minimum absolute atomic E-state index is 0.00499. The highest BCUT2D eigenvalue weighted by atomic mass is 35.5. The third kappa shape index (κ3) is 2.62. The molecule has 2 heterocycles. The van der Waals surface area contributed by atoms with Crippen molar-refractivity contribution >= 4 is 34.8 Å². The van der Waals surface area contributed by atoms with Gasteiger partial charge in [0.1, 0.15) is 0 Å². The van der Waals surface area contributed by atoms with Crippen LogP contribution >= 0.6 is 22.9 Å². The normalized spacial score (nSPS) is 18.5. The lowest BCUT2D eigenvalue weighted by Gasteiger charge is -2.25. The van der Waals surface area contributed by atoms with Crippen molar-refractivity contribution in [1.29, 1.82) is 0 Å². The molecule has 3 rings (SSSR count). The molecule has 22 heavy (non-hydrogen) atoms. The van der Waals surface area contributed by atoms with Gasteiger partial charge in [0.05, 0.1) is 12.5 Å². The van der Waals surface area contributed by atoms with Gasteiger partial charge in [0, 0.05) is 16.9 Å². The van der Waals surface area contributed by atoms with Crippen LogP contribution in [0.4, 0.5) is 0 Å². The van der Waals surface area contributed by atoms with Crippen molar-refractivity contribution in [1.82, 2.24) is 4.90 Å². The Bertz CT molecular complexity index is 769. The first kappa shape index (κ1) is 15.1. The predicted molar refractivity (Wildman–Crippen MR) is 91.3 cm³/mol. The molecule has 1 amide bonds. The number of aliphatic imine (C=N–C) groups is 1. The van der Waals surface area contributed by atoms with E-state index in [1.807, 2.05) is 24.3 Å². The Hall–Kier alpha value is -1.85. The minimum atomic E-state index is -0.193. The average Bonchev–Trinajstić information content (AvgIpc) is 2.86. The van der Waals surface area contributed by atoms with Crippen molar-refractivity contribution in [2.45, 2.75) is 19.4 Å². The summed E-state index contributed by atoms with van der Waals surface area (Å²) in [4.78, 5) is 18.9. The molecule has 0 fully saturated rings. The van der Waals surface area contributed by atoms with Crippen LogP contribution in [0.2, 0.25) is 5.02 Å². The zero-order valence-corrected chi connectivity index (χ0v) is 13.9. The molecule has 1 aliphatic rings. The maximum absolute atomic E-state index is 12.0. The van der Waals surface area contributed by atoms with Gasteiger partial charge in [-0.1, -0.05) is 23.7 Å². The molecule has 114 valence electrons. The Morgan fingerprint density at radius 1 is 1.45 bits per heavy atom. The van der Waals surface area contributed by atoms with Crippen molar-refractivity contribution in [3.8, 4) is 11.1 Å².